The van der Waals surface area contributed by atoms with Crippen LogP contribution in [-0.4, -0.2) is 26.0 Å². The molecule has 3 N–H and O–H groups in total. The van der Waals surface area contributed by atoms with Gasteiger partial charge < -0.3 is 5.73 Å². The van der Waals surface area contributed by atoms with Crippen LogP contribution in [0.3, 0.4) is 0 Å². The lowest BCUT2D eigenvalue weighted by atomic mass is 10.0. The SMILES string of the molecule is CCC(CC)(CNS(=O)(=O)c1ccc(F)c(N)c1F)SC. The summed E-state index contributed by atoms with van der Waals surface area (Å²) < 4.78 is 53.4. The van der Waals surface area contributed by atoms with Crippen molar-refractivity contribution in [2.24, 2.45) is 0 Å². The highest BCUT2D eigenvalue weighted by Gasteiger charge is 2.29. The van der Waals surface area contributed by atoms with Gasteiger partial charge in [0.1, 0.15) is 16.4 Å². The average Bonchev–Trinajstić information content (AvgIpc) is 2.46. The van der Waals surface area contributed by atoms with Crippen LogP contribution in [0.25, 0.3) is 0 Å². The Bertz CT molecular complexity index is 594. The third-order valence-electron chi connectivity index (χ3n) is 3.69. The minimum absolute atomic E-state index is 0.167. The summed E-state index contributed by atoms with van der Waals surface area (Å²) in [6, 6.07) is 1.72. The van der Waals surface area contributed by atoms with Crippen LogP contribution in [0.2, 0.25) is 0 Å². The van der Waals surface area contributed by atoms with Gasteiger partial charge >= 0.3 is 0 Å². The number of nitrogens with two attached hydrogens (primary N) is 1. The number of nitrogens with one attached hydrogen (secondary N) is 1. The minimum atomic E-state index is -4.08. The highest BCUT2D eigenvalue weighted by atomic mass is 32.2. The van der Waals surface area contributed by atoms with Gasteiger partial charge in [-0.3, -0.25) is 0 Å². The fourth-order valence-electron chi connectivity index (χ4n) is 1.92. The second kappa shape index (κ2) is 6.93. The van der Waals surface area contributed by atoms with E-state index < -0.39 is 32.2 Å². The molecule has 1 rings (SSSR count). The van der Waals surface area contributed by atoms with E-state index in [9.17, 15) is 17.2 Å². The fourth-order valence-corrected chi connectivity index (χ4v) is 4.02. The molecule has 0 aliphatic heterocycles. The van der Waals surface area contributed by atoms with E-state index in [0.29, 0.717) is 0 Å². The van der Waals surface area contributed by atoms with E-state index in [2.05, 4.69) is 4.72 Å². The maximum absolute atomic E-state index is 13.8. The Kier molecular flexibility index (Phi) is 6.01. The Morgan fingerprint density at radius 2 is 1.86 bits per heavy atom. The van der Waals surface area contributed by atoms with Crippen molar-refractivity contribution >= 4 is 27.5 Å². The highest BCUT2D eigenvalue weighted by Crippen LogP contribution is 2.30. The number of hydrogen-bond donors (Lipinski definition) is 2. The van der Waals surface area contributed by atoms with Crippen molar-refractivity contribution in [3.05, 3.63) is 23.8 Å². The lowest BCUT2D eigenvalue weighted by Crippen LogP contribution is -2.39. The third kappa shape index (κ3) is 3.87. The van der Waals surface area contributed by atoms with Crippen molar-refractivity contribution in [2.75, 3.05) is 18.5 Å². The summed E-state index contributed by atoms with van der Waals surface area (Å²) >= 11 is 1.56. The smallest absolute Gasteiger partial charge is 0.243 e. The van der Waals surface area contributed by atoms with Crippen LogP contribution in [0.15, 0.2) is 17.0 Å². The van der Waals surface area contributed by atoms with Gasteiger partial charge in [0.05, 0.1) is 0 Å². The van der Waals surface area contributed by atoms with Gasteiger partial charge in [-0.1, -0.05) is 13.8 Å². The predicted octanol–water partition coefficient (Wildman–Crippen LogP) is 2.75. The average molecular weight is 338 g/mol. The second-order valence-corrected chi connectivity index (χ2v) is 7.70. The summed E-state index contributed by atoms with van der Waals surface area (Å²) in [6.45, 7) is 4.09. The normalized spacial score (nSPS) is 12.6. The van der Waals surface area contributed by atoms with Crippen molar-refractivity contribution in [1.29, 1.82) is 0 Å². The first-order valence-corrected chi connectivity index (χ1v) is 9.22. The molecule has 0 bridgehead atoms. The number of sulfonamides is 1. The van der Waals surface area contributed by atoms with Crippen LogP contribution in [-0.2, 0) is 10.0 Å². The van der Waals surface area contributed by atoms with E-state index in [1.54, 1.807) is 11.8 Å². The van der Waals surface area contributed by atoms with Gasteiger partial charge in [-0.15, -0.1) is 0 Å². The molecule has 0 heterocycles. The van der Waals surface area contributed by atoms with Gasteiger partial charge in [0, 0.05) is 11.3 Å². The number of hydrogen-bond acceptors (Lipinski definition) is 4. The van der Waals surface area contributed by atoms with Crippen molar-refractivity contribution < 1.29 is 17.2 Å². The summed E-state index contributed by atoms with van der Waals surface area (Å²) in [4.78, 5) is -0.636. The molecule has 0 amide bonds. The van der Waals surface area contributed by atoms with Gasteiger partial charge in [0.15, 0.2) is 5.82 Å². The van der Waals surface area contributed by atoms with Crippen molar-refractivity contribution in [1.82, 2.24) is 4.72 Å². The molecule has 0 atom stereocenters. The Hall–Kier alpha value is -0.860. The molecule has 0 spiro atoms. The molecule has 0 fully saturated rings. The lowest BCUT2D eigenvalue weighted by molar-refractivity contribution is 0.515. The Balaban J connectivity index is 3.06. The predicted molar refractivity (Wildman–Crippen MR) is 82.8 cm³/mol. The summed E-state index contributed by atoms with van der Waals surface area (Å²) in [5.41, 5.74) is 4.40. The molecular weight excluding hydrogens is 318 g/mol. The zero-order valence-electron chi connectivity index (χ0n) is 12.2. The lowest BCUT2D eigenvalue weighted by Gasteiger charge is -2.29. The molecule has 0 aliphatic carbocycles. The first kappa shape index (κ1) is 18.2. The van der Waals surface area contributed by atoms with Crippen molar-refractivity contribution in [2.45, 2.75) is 36.3 Å². The molecule has 0 saturated carbocycles. The van der Waals surface area contributed by atoms with E-state index in [0.717, 1.165) is 25.0 Å². The molecule has 0 aliphatic rings. The fraction of sp³-hybridized carbons (Fsp3) is 0.538. The monoisotopic (exact) mass is 338 g/mol. The molecule has 0 saturated heterocycles. The number of halogens is 2. The summed E-state index contributed by atoms with van der Waals surface area (Å²) in [7, 11) is -4.08. The van der Waals surface area contributed by atoms with Crippen LogP contribution < -0.4 is 10.5 Å². The van der Waals surface area contributed by atoms with Crippen LogP contribution >= 0.6 is 11.8 Å². The Labute approximate surface area is 128 Å². The number of anilines is 1. The molecule has 8 heteroatoms. The van der Waals surface area contributed by atoms with Gasteiger partial charge in [-0.05, 0) is 31.2 Å². The van der Waals surface area contributed by atoms with Crippen LogP contribution in [0.5, 0.6) is 0 Å². The van der Waals surface area contributed by atoms with E-state index in [1.165, 1.54) is 0 Å². The third-order valence-corrected chi connectivity index (χ3v) is 6.69. The summed E-state index contributed by atoms with van der Waals surface area (Å²) in [6.07, 6.45) is 3.43. The van der Waals surface area contributed by atoms with Crippen LogP contribution in [0.1, 0.15) is 26.7 Å². The van der Waals surface area contributed by atoms with Gasteiger partial charge in [-0.2, -0.15) is 11.8 Å². The molecule has 1 aromatic carbocycles. The first-order valence-electron chi connectivity index (χ1n) is 6.51. The number of benzene rings is 1. The number of thioether (sulfide) groups is 1. The van der Waals surface area contributed by atoms with Gasteiger partial charge in [0.2, 0.25) is 10.0 Å². The first-order chi connectivity index (χ1) is 9.73. The van der Waals surface area contributed by atoms with E-state index in [1.807, 2.05) is 20.1 Å². The molecular formula is C13H20F2N2O2S2. The van der Waals surface area contributed by atoms with E-state index in [4.69, 9.17) is 5.73 Å². The molecule has 0 unspecified atom stereocenters. The molecule has 21 heavy (non-hydrogen) atoms. The highest BCUT2D eigenvalue weighted by molar-refractivity contribution is 8.00. The van der Waals surface area contributed by atoms with Crippen LogP contribution in [0, 0.1) is 11.6 Å². The largest absolute Gasteiger partial charge is 0.394 e. The zero-order chi connectivity index (χ0) is 16.3. The molecule has 120 valence electrons. The summed E-state index contributed by atoms with van der Waals surface area (Å²) in [5.74, 6) is -2.24. The standard InChI is InChI=1S/C13H20F2N2O2S2/c1-4-13(5-2,20-3)8-17-21(18,19)10-7-6-9(14)12(16)11(10)15/h6-7,17H,4-5,8,16H2,1-3H3. The minimum Gasteiger partial charge on any atom is -0.394 e. The maximum Gasteiger partial charge on any atom is 0.243 e. The van der Waals surface area contributed by atoms with E-state index in [-0.39, 0.29) is 11.3 Å². The molecule has 0 aromatic heterocycles. The zero-order valence-corrected chi connectivity index (χ0v) is 13.9. The Morgan fingerprint density at radius 3 is 2.33 bits per heavy atom. The van der Waals surface area contributed by atoms with Crippen molar-refractivity contribution in [3.8, 4) is 0 Å². The topological polar surface area (TPSA) is 72.2 Å². The quantitative estimate of drug-likeness (QED) is 0.750. The van der Waals surface area contributed by atoms with E-state index >= 15 is 0 Å². The van der Waals surface area contributed by atoms with Gasteiger partial charge in [0.25, 0.3) is 0 Å². The molecule has 0 radical (unpaired) electrons. The number of nitrogen functional groups attached to an aromatic ring is 1. The number of rotatable bonds is 7. The van der Waals surface area contributed by atoms with Crippen molar-refractivity contribution in [3.63, 3.8) is 0 Å². The second-order valence-electron chi connectivity index (χ2n) is 4.69. The molecule has 1 aromatic rings. The maximum atomic E-state index is 13.8. The Morgan fingerprint density at radius 1 is 1.29 bits per heavy atom. The summed E-state index contributed by atoms with van der Waals surface area (Å²) in [5, 5.41) is 0. The van der Waals surface area contributed by atoms with Gasteiger partial charge in [-0.25, -0.2) is 21.9 Å². The van der Waals surface area contributed by atoms with Crippen LogP contribution in [0.4, 0.5) is 14.5 Å². The molecule has 4 nitrogen and oxygen atoms in total.